The van der Waals surface area contributed by atoms with E-state index in [1.54, 1.807) is 0 Å². The van der Waals surface area contributed by atoms with Crippen LogP contribution in [0.2, 0.25) is 0 Å². The van der Waals surface area contributed by atoms with Crippen LogP contribution in [0, 0.1) is 5.92 Å². The molecule has 88 valence electrons. The third-order valence-corrected chi connectivity index (χ3v) is 2.68. The summed E-state index contributed by atoms with van der Waals surface area (Å²) in [5.41, 5.74) is 0.726. The molecule has 0 saturated heterocycles. The minimum atomic E-state index is 0.00412. The Balaban J connectivity index is 2.21. The van der Waals surface area contributed by atoms with Gasteiger partial charge in [-0.25, -0.2) is 0 Å². The van der Waals surface area contributed by atoms with E-state index in [9.17, 15) is 4.79 Å². The SMILES string of the molecule is CC(C)CNC(=O)c1ccc2ccccc2c1. The maximum Gasteiger partial charge on any atom is 0.251 e. The lowest BCUT2D eigenvalue weighted by Gasteiger charge is -2.08. The van der Waals surface area contributed by atoms with Crippen LogP contribution in [-0.4, -0.2) is 12.5 Å². The predicted octanol–water partition coefficient (Wildman–Crippen LogP) is 3.23. The van der Waals surface area contributed by atoms with Crippen molar-refractivity contribution >= 4 is 16.7 Å². The van der Waals surface area contributed by atoms with Gasteiger partial charge in [0, 0.05) is 12.1 Å². The molecule has 0 aromatic heterocycles. The second-order valence-corrected chi connectivity index (χ2v) is 4.67. The summed E-state index contributed by atoms with van der Waals surface area (Å²) in [6.07, 6.45) is 0. The van der Waals surface area contributed by atoms with Crippen LogP contribution >= 0.6 is 0 Å². The highest BCUT2D eigenvalue weighted by molar-refractivity contribution is 5.98. The van der Waals surface area contributed by atoms with Gasteiger partial charge in [-0.3, -0.25) is 4.79 Å². The number of carbonyl (C=O) groups is 1. The van der Waals surface area contributed by atoms with Crippen molar-refractivity contribution in [3.63, 3.8) is 0 Å². The van der Waals surface area contributed by atoms with Crippen LogP contribution in [0.5, 0.6) is 0 Å². The average Bonchev–Trinajstić information content (AvgIpc) is 2.35. The first-order chi connectivity index (χ1) is 8.16. The summed E-state index contributed by atoms with van der Waals surface area (Å²) in [7, 11) is 0. The molecule has 0 radical (unpaired) electrons. The van der Waals surface area contributed by atoms with E-state index in [-0.39, 0.29) is 5.91 Å². The molecule has 0 unspecified atom stereocenters. The average molecular weight is 227 g/mol. The van der Waals surface area contributed by atoms with Gasteiger partial charge in [-0.15, -0.1) is 0 Å². The van der Waals surface area contributed by atoms with E-state index in [0.29, 0.717) is 12.5 Å². The first kappa shape index (κ1) is 11.6. The van der Waals surface area contributed by atoms with Gasteiger partial charge >= 0.3 is 0 Å². The van der Waals surface area contributed by atoms with Crippen molar-refractivity contribution in [2.24, 2.45) is 5.92 Å². The van der Waals surface area contributed by atoms with Crippen LogP contribution < -0.4 is 5.32 Å². The number of benzene rings is 2. The first-order valence-corrected chi connectivity index (χ1v) is 5.94. The van der Waals surface area contributed by atoms with E-state index in [1.807, 2.05) is 42.5 Å². The van der Waals surface area contributed by atoms with Crippen molar-refractivity contribution in [2.75, 3.05) is 6.54 Å². The number of amides is 1. The quantitative estimate of drug-likeness (QED) is 0.857. The fourth-order valence-electron chi connectivity index (χ4n) is 1.73. The summed E-state index contributed by atoms with van der Waals surface area (Å²) in [6, 6.07) is 13.8. The van der Waals surface area contributed by atoms with E-state index in [2.05, 4.69) is 19.2 Å². The smallest absolute Gasteiger partial charge is 0.251 e. The van der Waals surface area contributed by atoms with Gasteiger partial charge in [0.2, 0.25) is 0 Å². The zero-order chi connectivity index (χ0) is 12.3. The molecule has 0 aliphatic heterocycles. The Bertz CT molecular complexity index is 531. The maximum absolute atomic E-state index is 11.9. The summed E-state index contributed by atoms with van der Waals surface area (Å²) in [6.45, 7) is 4.88. The van der Waals surface area contributed by atoms with Crippen molar-refractivity contribution in [2.45, 2.75) is 13.8 Å². The molecule has 0 fully saturated rings. The molecule has 2 rings (SSSR count). The van der Waals surface area contributed by atoms with Gasteiger partial charge in [0.05, 0.1) is 0 Å². The molecule has 17 heavy (non-hydrogen) atoms. The van der Waals surface area contributed by atoms with Gasteiger partial charge in [-0.05, 0) is 28.8 Å². The molecule has 0 atom stereocenters. The van der Waals surface area contributed by atoms with Gasteiger partial charge in [0.1, 0.15) is 0 Å². The number of hydrogen-bond acceptors (Lipinski definition) is 1. The third kappa shape index (κ3) is 2.84. The Labute approximate surface area is 102 Å². The highest BCUT2D eigenvalue weighted by Gasteiger charge is 2.06. The van der Waals surface area contributed by atoms with Gasteiger partial charge in [0.25, 0.3) is 5.91 Å². The Kier molecular flexibility index (Phi) is 3.43. The molecule has 0 bridgehead atoms. The van der Waals surface area contributed by atoms with Crippen LogP contribution in [0.25, 0.3) is 10.8 Å². The Morgan fingerprint density at radius 2 is 1.82 bits per heavy atom. The zero-order valence-electron chi connectivity index (χ0n) is 10.2. The van der Waals surface area contributed by atoms with Crippen LogP contribution in [0.4, 0.5) is 0 Å². The molecule has 2 nitrogen and oxygen atoms in total. The minimum absolute atomic E-state index is 0.00412. The Morgan fingerprint density at radius 1 is 1.12 bits per heavy atom. The van der Waals surface area contributed by atoms with Crippen LogP contribution in [-0.2, 0) is 0 Å². The molecule has 0 heterocycles. The van der Waals surface area contributed by atoms with Crippen molar-refractivity contribution in [3.8, 4) is 0 Å². The molecule has 1 N–H and O–H groups in total. The third-order valence-electron chi connectivity index (χ3n) is 2.68. The number of hydrogen-bond donors (Lipinski definition) is 1. The Morgan fingerprint density at radius 3 is 2.53 bits per heavy atom. The van der Waals surface area contributed by atoms with E-state index in [0.717, 1.165) is 16.3 Å². The lowest BCUT2D eigenvalue weighted by Crippen LogP contribution is -2.27. The molecular weight excluding hydrogens is 210 g/mol. The lowest BCUT2D eigenvalue weighted by molar-refractivity contribution is 0.0949. The van der Waals surface area contributed by atoms with Gasteiger partial charge in [-0.2, -0.15) is 0 Å². The van der Waals surface area contributed by atoms with Gasteiger partial charge in [-0.1, -0.05) is 44.2 Å². The fraction of sp³-hybridized carbons (Fsp3) is 0.267. The molecule has 0 aliphatic rings. The molecule has 2 aromatic rings. The van der Waals surface area contributed by atoms with Crippen LogP contribution in [0.15, 0.2) is 42.5 Å². The summed E-state index contributed by atoms with van der Waals surface area (Å²) in [5, 5.41) is 5.19. The highest BCUT2D eigenvalue weighted by atomic mass is 16.1. The largest absolute Gasteiger partial charge is 0.352 e. The van der Waals surface area contributed by atoms with E-state index in [4.69, 9.17) is 0 Å². The summed E-state index contributed by atoms with van der Waals surface area (Å²) < 4.78 is 0. The standard InChI is InChI=1S/C15H17NO/c1-11(2)10-16-15(17)14-8-7-12-5-3-4-6-13(12)9-14/h3-9,11H,10H2,1-2H3,(H,16,17). The molecule has 0 aliphatic carbocycles. The van der Waals surface area contributed by atoms with E-state index in [1.165, 1.54) is 0 Å². The molecule has 1 amide bonds. The number of rotatable bonds is 3. The van der Waals surface area contributed by atoms with Gasteiger partial charge in [0.15, 0.2) is 0 Å². The minimum Gasteiger partial charge on any atom is -0.352 e. The molecular formula is C15H17NO. The predicted molar refractivity (Wildman–Crippen MR) is 71.1 cm³/mol. The monoisotopic (exact) mass is 227 g/mol. The molecule has 2 heteroatoms. The molecule has 0 saturated carbocycles. The second kappa shape index (κ2) is 5.00. The van der Waals surface area contributed by atoms with Gasteiger partial charge < -0.3 is 5.32 Å². The highest BCUT2D eigenvalue weighted by Crippen LogP contribution is 2.15. The molecule has 2 aromatic carbocycles. The van der Waals surface area contributed by atoms with E-state index < -0.39 is 0 Å². The second-order valence-electron chi connectivity index (χ2n) is 4.67. The number of fused-ring (bicyclic) bond motifs is 1. The van der Waals surface area contributed by atoms with Crippen molar-refractivity contribution < 1.29 is 4.79 Å². The van der Waals surface area contributed by atoms with Crippen molar-refractivity contribution in [1.82, 2.24) is 5.32 Å². The Hall–Kier alpha value is -1.83. The fourth-order valence-corrected chi connectivity index (χ4v) is 1.73. The topological polar surface area (TPSA) is 29.1 Å². The number of nitrogens with one attached hydrogen (secondary N) is 1. The van der Waals surface area contributed by atoms with Crippen LogP contribution in [0.3, 0.4) is 0 Å². The molecule has 0 spiro atoms. The first-order valence-electron chi connectivity index (χ1n) is 5.94. The number of carbonyl (C=O) groups excluding carboxylic acids is 1. The van der Waals surface area contributed by atoms with E-state index >= 15 is 0 Å². The summed E-state index contributed by atoms with van der Waals surface area (Å²) in [4.78, 5) is 11.9. The van der Waals surface area contributed by atoms with Crippen molar-refractivity contribution in [3.05, 3.63) is 48.0 Å². The lowest BCUT2D eigenvalue weighted by atomic mass is 10.1. The summed E-state index contributed by atoms with van der Waals surface area (Å²) in [5.74, 6) is 0.476. The van der Waals surface area contributed by atoms with Crippen molar-refractivity contribution in [1.29, 1.82) is 0 Å². The maximum atomic E-state index is 11.9. The summed E-state index contributed by atoms with van der Waals surface area (Å²) >= 11 is 0. The van der Waals surface area contributed by atoms with Crippen LogP contribution in [0.1, 0.15) is 24.2 Å². The normalized spacial score (nSPS) is 10.8. The zero-order valence-corrected chi connectivity index (χ0v) is 10.2.